The summed E-state index contributed by atoms with van der Waals surface area (Å²) in [6.45, 7) is 4.15. The van der Waals surface area contributed by atoms with Gasteiger partial charge in [-0.05, 0) is 25.8 Å². The van der Waals surface area contributed by atoms with Crippen LogP contribution in [0.25, 0.3) is 0 Å². The van der Waals surface area contributed by atoms with Crippen LogP contribution < -0.4 is 10.6 Å². The van der Waals surface area contributed by atoms with E-state index >= 15 is 0 Å². The maximum atomic E-state index is 11.4. The molecule has 0 radical (unpaired) electrons. The number of nitrogens with one attached hydrogen (secondary N) is 2. The quantitative estimate of drug-likeness (QED) is 0.717. The van der Waals surface area contributed by atoms with Crippen molar-refractivity contribution in [3.05, 3.63) is 0 Å². The lowest BCUT2D eigenvalue weighted by Crippen LogP contribution is -2.40. The Kier molecular flexibility index (Phi) is 5.60. The number of carbonyl (C=O) groups excluding carboxylic acids is 1. The summed E-state index contributed by atoms with van der Waals surface area (Å²) >= 11 is 0. The van der Waals surface area contributed by atoms with E-state index in [0.717, 1.165) is 32.4 Å². The molecular formula is C11H22N2O. The second-order valence-electron chi connectivity index (χ2n) is 4.07. The Balaban J connectivity index is 2.17. The first-order chi connectivity index (χ1) is 6.83. The maximum Gasteiger partial charge on any atom is 0.220 e. The Morgan fingerprint density at radius 3 is 3.14 bits per heavy atom. The summed E-state index contributed by atoms with van der Waals surface area (Å²) in [5, 5.41) is 6.44. The van der Waals surface area contributed by atoms with Crippen molar-refractivity contribution in [2.45, 2.75) is 51.5 Å². The van der Waals surface area contributed by atoms with Gasteiger partial charge in [-0.2, -0.15) is 0 Å². The molecule has 0 saturated carbocycles. The van der Waals surface area contributed by atoms with E-state index < -0.39 is 0 Å². The van der Waals surface area contributed by atoms with Gasteiger partial charge in [0, 0.05) is 19.0 Å². The van der Waals surface area contributed by atoms with Gasteiger partial charge in [0.05, 0.1) is 0 Å². The molecule has 1 amide bonds. The minimum absolute atomic E-state index is 0.223. The van der Waals surface area contributed by atoms with Crippen LogP contribution in [0.4, 0.5) is 0 Å². The van der Waals surface area contributed by atoms with Gasteiger partial charge in [0.25, 0.3) is 0 Å². The highest BCUT2D eigenvalue weighted by Crippen LogP contribution is 2.04. The van der Waals surface area contributed by atoms with Crippen molar-refractivity contribution < 1.29 is 4.79 Å². The van der Waals surface area contributed by atoms with Gasteiger partial charge in [-0.3, -0.25) is 4.79 Å². The van der Waals surface area contributed by atoms with Crippen molar-refractivity contribution in [2.24, 2.45) is 0 Å². The van der Waals surface area contributed by atoms with Crippen LogP contribution in [-0.4, -0.2) is 25.0 Å². The summed E-state index contributed by atoms with van der Waals surface area (Å²) in [6, 6.07) is 0.363. The molecule has 1 unspecified atom stereocenters. The van der Waals surface area contributed by atoms with Crippen molar-refractivity contribution in [3.63, 3.8) is 0 Å². The molecule has 0 aromatic heterocycles. The van der Waals surface area contributed by atoms with E-state index in [1.165, 1.54) is 12.8 Å². The van der Waals surface area contributed by atoms with Crippen LogP contribution >= 0.6 is 0 Å². The number of amides is 1. The van der Waals surface area contributed by atoms with Gasteiger partial charge in [-0.1, -0.05) is 19.8 Å². The first-order valence-electron chi connectivity index (χ1n) is 5.83. The van der Waals surface area contributed by atoms with E-state index in [9.17, 15) is 4.79 Å². The summed E-state index contributed by atoms with van der Waals surface area (Å²) in [7, 11) is 0. The van der Waals surface area contributed by atoms with E-state index in [-0.39, 0.29) is 5.91 Å². The Morgan fingerprint density at radius 2 is 2.36 bits per heavy atom. The molecule has 0 aromatic carbocycles. The van der Waals surface area contributed by atoms with Crippen molar-refractivity contribution in [3.8, 4) is 0 Å². The zero-order chi connectivity index (χ0) is 10.2. The Hall–Kier alpha value is -0.570. The fourth-order valence-corrected chi connectivity index (χ4v) is 1.78. The second kappa shape index (κ2) is 6.82. The lowest BCUT2D eigenvalue weighted by molar-refractivity contribution is -0.121. The van der Waals surface area contributed by atoms with E-state index in [0.29, 0.717) is 12.5 Å². The highest BCUT2D eigenvalue weighted by atomic mass is 16.1. The SMILES string of the molecule is CCCCC(=O)NC1CCCCNC1. The smallest absolute Gasteiger partial charge is 0.220 e. The lowest BCUT2D eigenvalue weighted by atomic mass is 10.1. The van der Waals surface area contributed by atoms with Crippen LogP contribution in [0.15, 0.2) is 0 Å². The van der Waals surface area contributed by atoms with Crippen LogP contribution in [0.2, 0.25) is 0 Å². The van der Waals surface area contributed by atoms with Gasteiger partial charge in [0.15, 0.2) is 0 Å². The summed E-state index contributed by atoms with van der Waals surface area (Å²) < 4.78 is 0. The number of rotatable bonds is 4. The molecule has 1 saturated heterocycles. The van der Waals surface area contributed by atoms with Crippen LogP contribution in [0.5, 0.6) is 0 Å². The molecule has 1 fully saturated rings. The molecular weight excluding hydrogens is 176 g/mol. The van der Waals surface area contributed by atoms with Crippen molar-refractivity contribution in [1.29, 1.82) is 0 Å². The molecule has 0 bridgehead atoms. The van der Waals surface area contributed by atoms with Crippen LogP contribution in [0.1, 0.15) is 45.4 Å². The van der Waals surface area contributed by atoms with Gasteiger partial charge in [0.1, 0.15) is 0 Å². The Morgan fingerprint density at radius 1 is 1.50 bits per heavy atom. The molecule has 3 nitrogen and oxygen atoms in total. The molecule has 0 spiro atoms. The van der Waals surface area contributed by atoms with E-state index in [1.54, 1.807) is 0 Å². The Bertz CT molecular complexity index is 163. The molecule has 82 valence electrons. The third kappa shape index (κ3) is 4.61. The predicted molar refractivity (Wildman–Crippen MR) is 58.2 cm³/mol. The first-order valence-corrected chi connectivity index (χ1v) is 5.83. The number of carbonyl (C=O) groups is 1. The minimum atomic E-state index is 0.223. The predicted octanol–water partition coefficient (Wildman–Crippen LogP) is 1.43. The average Bonchev–Trinajstić information content (AvgIpc) is 2.43. The van der Waals surface area contributed by atoms with Gasteiger partial charge in [-0.15, -0.1) is 0 Å². The third-order valence-electron chi connectivity index (χ3n) is 2.67. The fourth-order valence-electron chi connectivity index (χ4n) is 1.78. The Labute approximate surface area is 86.6 Å². The summed E-state index contributed by atoms with van der Waals surface area (Å²) in [6.07, 6.45) is 6.38. The average molecular weight is 198 g/mol. The third-order valence-corrected chi connectivity index (χ3v) is 2.67. The van der Waals surface area contributed by atoms with Crippen LogP contribution in [-0.2, 0) is 4.79 Å². The summed E-state index contributed by atoms with van der Waals surface area (Å²) in [5.74, 6) is 0.223. The van der Waals surface area contributed by atoms with E-state index in [2.05, 4.69) is 17.6 Å². The summed E-state index contributed by atoms with van der Waals surface area (Å²) in [4.78, 5) is 11.4. The lowest BCUT2D eigenvalue weighted by Gasteiger charge is -2.16. The van der Waals surface area contributed by atoms with E-state index in [4.69, 9.17) is 0 Å². The minimum Gasteiger partial charge on any atom is -0.352 e. The molecule has 0 aromatic rings. The molecule has 1 rings (SSSR count). The molecule has 3 heteroatoms. The second-order valence-corrected chi connectivity index (χ2v) is 4.07. The molecule has 1 heterocycles. The molecule has 0 aliphatic carbocycles. The van der Waals surface area contributed by atoms with Crippen LogP contribution in [0.3, 0.4) is 0 Å². The zero-order valence-electron chi connectivity index (χ0n) is 9.14. The summed E-state index contributed by atoms with van der Waals surface area (Å²) in [5.41, 5.74) is 0. The molecule has 2 N–H and O–H groups in total. The van der Waals surface area contributed by atoms with Crippen molar-refractivity contribution in [2.75, 3.05) is 13.1 Å². The van der Waals surface area contributed by atoms with Gasteiger partial charge in [0.2, 0.25) is 5.91 Å². The van der Waals surface area contributed by atoms with Crippen LogP contribution in [0, 0.1) is 0 Å². The monoisotopic (exact) mass is 198 g/mol. The van der Waals surface area contributed by atoms with Gasteiger partial charge >= 0.3 is 0 Å². The topological polar surface area (TPSA) is 41.1 Å². The van der Waals surface area contributed by atoms with Gasteiger partial charge in [-0.25, -0.2) is 0 Å². The zero-order valence-corrected chi connectivity index (χ0v) is 9.14. The molecule has 1 atom stereocenters. The fraction of sp³-hybridized carbons (Fsp3) is 0.909. The maximum absolute atomic E-state index is 11.4. The standard InChI is InChI=1S/C11H22N2O/c1-2-3-7-11(14)13-10-6-4-5-8-12-9-10/h10,12H,2-9H2,1H3,(H,13,14). The largest absolute Gasteiger partial charge is 0.352 e. The highest BCUT2D eigenvalue weighted by Gasteiger charge is 2.13. The molecule has 1 aliphatic heterocycles. The highest BCUT2D eigenvalue weighted by molar-refractivity contribution is 5.76. The molecule has 14 heavy (non-hydrogen) atoms. The molecule has 1 aliphatic rings. The van der Waals surface area contributed by atoms with Gasteiger partial charge < -0.3 is 10.6 Å². The van der Waals surface area contributed by atoms with E-state index in [1.807, 2.05) is 0 Å². The first kappa shape index (κ1) is 11.5. The normalized spacial score (nSPS) is 22.8. The van der Waals surface area contributed by atoms with Crippen molar-refractivity contribution >= 4 is 5.91 Å². The number of unbranched alkanes of at least 4 members (excludes halogenated alkanes) is 1. The number of hydrogen-bond acceptors (Lipinski definition) is 2. The number of hydrogen-bond donors (Lipinski definition) is 2. The van der Waals surface area contributed by atoms with Crippen molar-refractivity contribution in [1.82, 2.24) is 10.6 Å².